The van der Waals surface area contributed by atoms with E-state index in [1.54, 1.807) is 17.0 Å². The van der Waals surface area contributed by atoms with Crippen molar-refractivity contribution >= 4 is 11.6 Å². The Morgan fingerprint density at radius 2 is 2.07 bits per heavy atom. The number of hydrogen-bond acceptors (Lipinski definition) is 3. The molecule has 0 fully saturated rings. The van der Waals surface area contributed by atoms with Gasteiger partial charge in [0.05, 0.1) is 12.3 Å². The van der Waals surface area contributed by atoms with Crippen molar-refractivity contribution in [2.45, 2.75) is 6.61 Å². The van der Waals surface area contributed by atoms with Crippen LogP contribution in [0, 0.1) is 0 Å². The summed E-state index contributed by atoms with van der Waals surface area (Å²) >= 11 is 5.89. The molecule has 0 bridgehead atoms. The van der Waals surface area contributed by atoms with Crippen LogP contribution in [0.1, 0.15) is 5.69 Å². The molecule has 0 aliphatic carbocycles. The molecule has 0 aliphatic heterocycles. The fourth-order valence-electron chi connectivity index (χ4n) is 1.43. The summed E-state index contributed by atoms with van der Waals surface area (Å²) in [6.07, 6.45) is 3.38. The highest BCUT2D eigenvalue weighted by Gasteiger charge is 2.12. The number of rotatable bonds is 2. The molecule has 4 nitrogen and oxygen atoms in total. The molecule has 78 valence electrons. The lowest BCUT2D eigenvalue weighted by molar-refractivity contribution is 0.273. The Bertz CT molecular complexity index is 467. The largest absolute Gasteiger partial charge is 0.390 e. The Kier molecular flexibility index (Phi) is 2.70. The average molecular weight is 224 g/mol. The van der Waals surface area contributed by atoms with Crippen LogP contribution in [-0.2, 0) is 13.7 Å². The smallest absolute Gasteiger partial charge is 0.153 e. The molecule has 2 aromatic heterocycles. The highest BCUT2D eigenvalue weighted by molar-refractivity contribution is 6.30. The summed E-state index contributed by atoms with van der Waals surface area (Å²) in [5.41, 5.74) is 1.54. The van der Waals surface area contributed by atoms with Gasteiger partial charge in [0.15, 0.2) is 5.15 Å². The summed E-state index contributed by atoms with van der Waals surface area (Å²) in [4.78, 5) is 8.12. The first kappa shape index (κ1) is 10.1. The van der Waals surface area contributed by atoms with Gasteiger partial charge >= 0.3 is 0 Å². The van der Waals surface area contributed by atoms with Crippen molar-refractivity contribution in [2.24, 2.45) is 7.05 Å². The molecule has 0 amide bonds. The van der Waals surface area contributed by atoms with Gasteiger partial charge in [0.1, 0.15) is 5.82 Å². The van der Waals surface area contributed by atoms with Gasteiger partial charge in [0.2, 0.25) is 0 Å². The van der Waals surface area contributed by atoms with Crippen LogP contribution in [0.5, 0.6) is 0 Å². The van der Waals surface area contributed by atoms with Gasteiger partial charge in [-0.1, -0.05) is 11.6 Å². The Hall–Kier alpha value is -1.39. The molecule has 0 unspecified atom stereocenters. The molecule has 0 saturated heterocycles. The van der Waals surface area contributed by atoms with E-state index in [0.29, 0.717) is 10.8 Å². The normalized spacial score (nSPS) is 10.6. The molecule has 5 heteroatoms. The second-order valence-corrected chi connectivity index (χ2v) is 3.48. The Balaban J connectivity index is 2.55. The number of aromatic nitrogens is 3. The highest BCUT2D eigenvalue weighted by atomic mass is 35.5. The third-order valence-corrected chi connectivity index (χ3v) is 2.56. The first-order valence-electron chi connectivity index (χ1n) is 4.46. The van der Waals surface area contributed by atoms with E-state index in [2.05, 4.69) is 9.97 Å². The van der Waals surface area contributed by atoms with E-state index in [4.69, 9.17) is 16.7 Å². The third kappa shape index (κ3) is 1.73. The van der Waals surface area contributed by atoms with Gasteiger partial charge in [-0.05, 0) is 12.1 Å². The Morgan fingerprint density at radius 3 is 2.60 bits per heavy atom. The van der Waals surface area contributed by atoms with Crippen molar-refractivity contribution in [3.8, 4) is 11.4 Å². The van der Waals surface area contributed by atoms with E-state index in [9.17, 15) is 0 Å². The molecular formula is C10H10ClN3O. The van der Waals surface area contributed by atoms with Crippen LogP contribution in [-0.4, -0.2) is 19.6 Å². The molecule has 0 radical (unpaired) electrons. The van der Waals surface area contributed by atoms with Crippen molar-refractivity contribution in [2.75, 3.05) is 0 Å². The van der Waals surface area contributed by atoms with Gasteiger partial charge in [-0.15, -0.1) is 0 Å². The highest BCUT2D eigenvalue weighted by Crippen LogP contribution is 2.23. The quantitative estimate of drug-likeness (QED) is 0.842. The van der Waals surface area contributed by atoms with E-state index in [1.165, 1.54) is 0 Å². The van der Waals surface area contributed by atoms with Crippen LogP contribution >= 0.6 is 11.6 Å². The van der Waals surface area contributed by atoms with Gasteiger partial charge in [-0.3, -0.25) is 4.98 Å². The van der Waals surface area contributed by atoms with Crippen molar-refractivity contribution < 1.29 is 5.11 Å². The van der Waals surface area contributed by atoms with Gasteiger partial charge in [0.25, 0.3) is 0 Å². The Morgan fingerprint density at radius 1 is 1.40 bits per heavy atom. The molecule has 0 aliphatic rings. The monoisotopic (exact) mass is 223 g/mol. The number of aliphatic hydroxyl groups excluding tert-OH is 1. The van der Waals surface area contributed by atoms with Gasteiger partial charge in [-0.25, -0.2) is 4.98 Å². The van der Waals surface area contributed by atoms with E-state index < -0.39 is 0 Å². The molecule has 0 saturated carbocycles. The molecule has 2 heterocycles. The SMILES string of the molecule is Cn1c(-c2ccncc2)nc(Cl)c1CO. The van der Waals surface area contributed by atoms with Crippen molar-refractivity contribution in [1.82, 2.24) is 14.5 Å². The molecule has 2 rings (SSSR count). The van der Waals surface area contributed by atoms with E-state index >= 15 is 0 Å². The maximum atomic E-state index is 9.10. The van der Waals surface area contributed by atoms with E-state index in [-0.39, 0.29) is 6.61 Å². The number of hydrogen-bond donors (Lipinski definition) is 1. The minimum atomic E-state index is -0.118. The van der Waals surface area contributed by atoms with Crippen LogP contribution in [0.15, 0.2) is 24.5 Å². The predicted molar refractivity (Wildman–Crippen MR) is 57.4 cm³/mol. The van der Waals surface area contributed by atoms with E-state index in [0.717, 1.165) is 11.4 Å². The molecule has 0 atom stereocenters. The second-order valence-electron chi connectivity index (χ2n) is 3.13. The summed E-state index contributed by atoms with van der Waals surface area (Å²) in [5, 5.41) is 9.44. The van der Waals surface area contributed by atoms with Crippen molar-refractivity contribution in [1.29, 1.82) is 0 Å². The van der Waals surface area contributed by atoms with Gasteiger partial charge in [0, 0.05) is 25.0 Å². The zero-order valence-corrected chi connectivity index (χ0v) is 8.94. The number of halogens is 1. The first-order valence-corrected chi connectivity index (χ1v) is 4.84. The van der Waals surface area contributed by atoms with Crippen LogP contribution in [0.25, 0.3) is 11.4 Å². The lowest BCUT2D eigenvalue weighted by Gasteiger charge is -2.03. The number of nitrogens with zero attached hydrogens (tertiary/aromatic N) is 3. The summed E-state index contributed by atoms with van der Waals surface area (Å²) < 4.78 is 1.78. The standard InChI is InChI=1S/C10H10ClN3O/c1-14-8(6-15)9(11)13-10(14)7-2-4-12-5-3-7/h2-5,15H,6H2,1H3. The van der Waals surface area contributed by atoms with Crippen LogP contribution in [0.2, 0.25) is 5.15 Å². The number of aliphatic hydroxyl groups is 1. The van der Waals surface area contributed by atoms with Crippen LogP contribution in [0.3, 0.4) is 0 Å². The lowest BCUT2D eigenvalue weighted by atomic mass is 10.2. The molecule has 0 spiro atoms. The second kappa shape index (κ2) is 4.00. The summed E-state index contributed by atoms with van der Waals surface area (Å²) in [7, 11) is 1.82. The maximum Gasteiger partial charge on any atom is 0.153 e. The summed E-state index contributed by atoms with van der Waals surface area (Å²) in [6, 6.07) is 3.69. The molecule has 1 N–H and O–H groups in total. The van der Waals surface area contributed by atoms with Crippen LogP contribution < -0.4 is 0 Å². The minimum Gasteiger partial charge on any atom is -0.390 e. The lowest BCUT2D eigenvalue weighted by Crippen LogP contribution is -1.98. The third-order valence-electron chi connectivity index (χ3n) is 2.25. The molecule has 0 aromatic carbocycles. The summed E-state index contributed by atoms with van der Waals surface area (Å²) in [6.45, 7) is -0.118. The topological polar surface area (TPSA) is 50.9 Å². The fourth-order valence-corrected chi connectivity index (χ4v) is 1.70. The summed E-state index contributed by atoms with van der Waals surface area (Å²) in [5.74, 6) is 0.728. The molecule has 15 heavy (non-hydrogen) atoms. The van der Waals surface area contributed by atoms with Crippen molar-refractivity contribution in [3.05, 3.63) is 35.4 Å². The molecule has 2 aromatic rings. The maximum absolute atomic E-state index is 9.10. The average Bonchev–Trinajstić information content (AvgIpc) is 2.55. The van der Waals surface area contributed by atoms with E-state index in [1.807, 2.05) is 19.2 Å². The van der Waals surface area contributed by atoms with Gasteiger partial charge in [-0.2, -0.15) is 0 Å². The zero-order chi connectivity index (χ0) is 10.8. The number of imidazole rings is 1. The first-order chi connectivity index (χ1) is 7.24. The Labute approximate surface area is 92.2 Å². The number of pyridine rings is 1. The van der Waals surface area contributed by atoms with Gasteiger partial charge < -0.3 is 9.67 Å². The predicted octanol–water partition coefficient (Wildman–Crippen LogP) is 1.63. The van der Waals surface area contributed by atoms with Crippen LogP contribution in [0.4, 0.5) is 0 Å². The molecular weight excluding hydrogens is 214 g/mol. The zero-order valence-electron chi connectivity index (χ0n) is 8.18. The van der Waals surface area contributed by atoms with Crippen molar-refractivity contribution in [3.63, 3.8) is 0 Å². The minimum absolute atomic E-state index is 0.118. The fraction of sp³-hybridized carbons (Fsp3) is 0.200.